The van der Waals surface area contributed by atoms with Crippen molar-refractivity contribution in [2.24, 2.45) is 0 Å². The molecule has 3 amide bonds. The standard InChI is InChI=1S/C25H27ClN4O4/c1-33-22-8-3-2-7-18(22)21(30-12-4-5-13-30)16-27-25(32)28-17-10-11-20(19(26)15-17)29-24(31)23-9-6-14-34-23/h2-3,6-11,14-15,21H,4-5,12-13,16H2,1H3,(H,29,31)(H2,27,28,32). The Balaban J connectivity index is 1.38. The van der Waals surface area contributed by atoms with Crippen molar-refractivity contribution in [3.63, 3.8) is 0 Å². The van der Waals surface area contributed by atoms with Crippen molar-refractivity contribution in [3.8, 4) is 5.75 Å². The number of para-hydroxylation sites is 1. The zero-order valence-corrected chi connectivity index (χ0v) is 19.6. The molecule has 4 rings (SSSR count). The molecule has 0 radical (unpaired) electrons. The van der Waals surface area contributed by atoms with Gasteiger partial charge in [0.15, 0.2) is 5.76 Å². The lowest BCUT2D eigenvalue weighted by Crippen LogP contribution is -2.38. The molecule has 9 heteroatoms. The number of ether oxygens (including phenoxy) is 1. The van der Waals surface area contributed by atoms with Crippen LogP contribution in [0.25, 0.3) is 0 Å². The van der Waals surface area contributed by atoms with Gasteiger partial charge in [0.05, 0.1) is 30.1 Å². The fourth-order valence-corrected chi connectivity index (χ4v) is 4.31. The van der Waals surface area contributed by atoms with E-state index in [0.717, 1.165) is 37.2 Å². The molecular weight excluding hydrogens is 456 g/mol. The lowest BCUT2D eigenvalue weighted by Gasteiger charge is -2.29. The van der Waals surface area contributed by atoms with Crippen LogP contribution < -0.4 is 20.7 Å². The van der Waals surface area contributed by atoms with Gasteiger partial charge in [-0.25, -0.2) is 4.79 Å². The summed E-state index contributed by atoms with van der Waals surface area (Å²) < 4.78 is 10.6. The lowest BCUT2D eigenvalue weighted by atomic mass is 10.0. The largest absolute Gasteiger partial charge is 0.496 e. The first-order chi connectivity index (χ1) is 16.5. The number of rotatable bonds is 8. The Labute approximate surface area is 203 Å². The Hall–Kier alpha value is -3.49. The van der Waals surface area contributed by atoms with Crippen molar-refractivity contribution in [1.82, 2.24) is 10.2 Å². The summed E-state index contributed by atoms with van der Waals surface area (Å²) in [6.45, 7) is 2.39. The average Bonchev–Trinajstić information content (AvgIpc) is 3.56. The van der Waals surface area contributed by atoms with E-state index in [0.29, 0.717) is 22.9 Å². The van der Waals surface area contributed by atoms with Crippen molar-refractivity contribution in [1.29, 1.82) is 0 Å². The number of hydrogen-bond donors (Lipinski definition) is 3. The summed E-state index contributed by atoms with van der Waals surface area (Å²) in [5.41, 5.74) is 1.97. The van der Waals surface area contributed by atoms with E-state index in [-0.39, 0.29) is 17.8 Å². The van der Waals surface area contributed by atoms with Crippen LogP contribution in [0.5, 0.6) is 5.75 Å². The molecule has 2 aromatic carbocycles. The van der Waals surface area contributed by atoms with Crippen LogP contribution in [-0.2, 0) is 0 Å². The zero-order chi connectivity index (χ0) is 23.9. The predicted octanol–water partition coefficient (Wildman–Crippen LogP) is 5.15. The van der Waals surface area contributed by atoms with Crippen LogP contribution in [0, 0.1) is 0 Å². The maximum absolute atomic E-state index is 12.6. The van der Waals surface area contributed by atoms with Gasteiger partial charge in [0.2, 0.25) is 0 Å². The van der Waals surface area contributed by atoms with Crippen LogP contribution in [0.3, 0.4) is 0 Å². The molecule has 2 heterocycles. The maximum atomic E-state index is 12.6. The van der Waals surface area contributed by atoms with Gasteiger partial charge in [-0.2, -0.15) is 0 Å². The number of anilines is 2. The monoisotopic (exact) mass is 482 g/mol. The van der Waals surface area contributed by atoms with Gasteiger partial charge in [-0.1, -0.05) is 29.8 Å². The van der Waals surface area contributed by atoms with Gasteiger partial charge >= 0.3 is 6.03 Å². The van der Waals surface area contributed by atoms with Crippen LogP contribution in [0.15, 0.2) is 65.3 Å². The molecule has 178 valence electrons. The van der Waals surface area contributed by atoms with Gasteiger partial charge in [0, 0.05) is 17.8 Å². The maximum Gasteiger partial charge on any atom is 0.319 e. The lowest BCUT2D eigenvalue weighted by molar-refractivity contribution is 0.0996. The highest BCUT2D eigenvalue weighted by molar-refractivity contribution is 6.34. The van der Waals surface area contributed by atoms with Crippen molar-refractivity contribution in [2.75, 3.05) is 37.4 Å². The summed E-state index contributed by atoms with van der Waals surface area (Å²) in [4.78, 5) is 27.2. The molecule has 1 unspecified atom stereocenters. The van der Waals surface area contributed by atoms with Crippen LogP contribution in [0.1, 0.15) is 35.0 Å². The quantitative estimate of drug-likeness (QED) is 0.412. The second-order valence-corrected chi connectivity index (χ2v) is 8.37. The molecule has 1 aliphatic rings. The second kappa shape index (κ2) is 11.1. The van der Waals surface area contributed by atoms with Gasteiger partial charge in [0.25, 0.3) is 5.91 Å². The molecule has 3 aromatic rings. The Morgan fingerprint density at radius 1 is 1.09 bits per heavy atom. The van der Waals surface area contributed by atoms with E-state index < -0.39 is 5.91 Å². The minimum atomic E-state index is -0.408. The molecule has 1 atom stereocenters. The summed E-state index contributed by atoms with van der Waals surface area (Å²) >= 11 is 6.31. The van der Waals surface area contributed by atoms with Crippen molar-refractivity contribution >= 4 is 34.9 Å². The molecule has 0 saturated carbocycles. The van der Waals surface area contributed by atoms with Crippen LogP contribution in [0.2, 0.25) is 5.02 Å². The first-order valence-electron chi connectivity index (χ1n) is 11.1. The number of nitrogens with one attached hydrogen (secondary N) is 3. The van der Waals surface area contributed by atoms with Crippen LogP contribution >= 0.6 is 11.6 Å². The summed E-state index contributed by atoms with van der Waals surface area (Å²) in [5, 5.41) is 8.75. The average molecular weight is 483 g/mol. The number of halogens is 1. The minimum absolute atomic E-state index is 0.00665. The number of hydrogen-bond acceptors (Lipinski definition) is 5. The smallest absolute Gasteiger partial charge is 0.319 e. The number of carbonyl (C=O) groups excluding carboxylic acids is 2. The Morgan fingerprint density at radius 2 is 1.88 bits per heavy atom. The van der Waals surface area contributed by atoms with Crippen molar-refractivity contribution in [2.45, 2.75) is 18.9 Å². The molecular formula is C25H27ClN4O4. The Bertz CT molecular complexity index is 1130. The fourth-order valence-electron chi connectivity index (χ4n) is 4.08. The molecule has 3 N–H and O–H groups in total. The Kier molecular flexibility index (Phi) is 7.72. The third-order valence-corrected chi connectivity index (χ3v) is 6.07. The predicted molar refractivity (Wildman–Crippen MR) is 132 cm³/mol. The van der Waals surface area contributed by atoms with Gasteiger partial charge in [-0.3, -0.25) is 9.69 Å². The number of nitrogens with zero attached hydrogens (tertiary/aromatic N) is 1. The van der Waals surface area contributed by atoms with E-state index in [2.05, 4.69) is 20.9 Å². The number of amides is 3. The summed E-state index contributed by atoms with van der Waals surface area (Å²) in [6.07, 6.45) is 3.70. The van der Waals surface area contributed by atoms with E-state index >= 15 is 0 Å². The third kappa shape index (κ3) is 5.70. The topological polar surface area (TPSA) is 95.8 Å². The minimum Gasteiger partial charge on any atom is -0.496 e. The first kappa shape index (κ1) is 23.7. The van der Waals surface area contributed by atoms with Gasteiger partial charge in [-0.15, -0.1) is 0 Å². The summed E-state index contributed by atoms with van der Waals surface area (Å²) in [5.74, 6) is 0.579. The number of likely N-dealkylation sites (tertiary alicyclic amines) is 1. The summed E-state index contributed by atoms with van der Waals surface area (Å²) in [6, 6.07) is 15.6. The number of urea groups is 1. The molecule has 1 aromatic heterocycles. The van der Waals surface area contributed by atoms with Crippen LogP contribution in [0.4, 0.5) is 16.2 Å². The molecule has 0 spiro atoms. The fraction of sp³-hybridized carbons (Fsp3) is 0.280. The third-order valence-electron chi connectivity index (χ3n) is 5.76. The van der Waals surface area contributed by atoms with E-state index in [1.54, 1.807) is 37.4 Å². The molecule has 0 bridgehead atoms. The molecule has 8 nitrogen and oxygen atoms in total. The number of carbonyl (C=O) groups is 2. The van der Waals surface area contributed by atoms with E-state index in [9.17, 15) is 9.59 Å². The highest BCUT2D eigenvalue weighted by Gasteiger charge is 2.26. The van der Waals surface area contributed by atoms with Crippen molar-refractivity contribution < 1.29 is 18.7 Å². The normalized spacial score (nSPS) is 14.4. The molecule has 1 saturated heterocycles. The number of furan rings is 1. The number of methoxy groups -OCH3 is 1. The van der Waals surface area contributed by atoms with Gasteiger partial charge < -0.3 is 25.1 Å². The van der Waals surface area contributed by atoms with Gasteiger partial charge in [0.1, 0.15) is 5.75 Å². The van der Waals surface area contributed by atoms with E-state index in [4.69, 9.17) is 20.8 Å². The van der Waals surface area contributed by atoms with Crippen LogP contribution in [-0.4, -0.2) is 43.6 Å². The zero-order valence-electron chi connectivity index (χ0n) is 18.8. The van der Waals surface area contributed by atoms with Gasteiger partial charge in [-0.05, 0) is 62.3 Å². The molecule has 1 fully saturated rings. The highest BCUT2D eigenvalue weighted by Crippen LogP contribution is 2.31. The highest BCUT2D eigenvalue weighted by atomic mass is 35.5. The first-order valence-corrected chi connectivity index (χ1v) is 11.5. The molecule has 34 heavy (non-hydrogen) atoms. The number of benzene rings is 2. The molecule has 0 aliphatic carbocycles. The Morgan fingerprint density at radius 3 is 2.59 bits per heavy atom. The molecule has 1 aliphatic heterocycles. The van der Waals surface area contributed by atoms with E-state index in [1.807, 2.05) is 24.3 Å². The van der Waals surface area contributed by atoms with E-state index in [1.165, 1.54) is 6.26 Å². The van der Waals surface area contributed by atoms with Crippen molar-refractivity contribution in [3.05, 3.63) is 77.2 Å². The second-order valence-electron chi connectivity index (χ2n) is 7.96. The SMILES string of the molecule is COc1ccccc1C(CNC(=O)Nc1ccc(NC(=O)c2ccco2)c(Cl)c1)N1CCCC1. The summed E-state index contributed by atoms with van der Waals surface area (Å²) in [7, 11) is 1.66.